The van der Waals surface area contributed by atoms with Crippen LogP contribution in [0.1, 0.15) is 33.1 Å². The summed E-state index contributed by atoms with van der Waals surface area (Å²) in [5.74, 6) is -2.56. The van der Waals surface area contributed by atoms with Crippen LogP contribution in [-0.2, 0) is 14.4 Å². The number of hydrogen-bond acceptors (Lipinski definition) is 4. The summed E-state index contributed by atoms with van der Waals surface area (Å²) in [5.41, 5.74) is 8.14. The lowest BCUT2D eigenvalue weighted by Gasteiger charge is -2.17. The number of amides is 1. The van der Waals surface area contributed by atoms with E-state index in [2.05, 4.69) is 10.1 Å². The zero-order valence-corrected chi connectivity index (χ0v) is 11.4. The van der Waals surface area contributed by atoms with Crippen molar-refractivity contribution in [3.05, 3.63) is 5.53 Å². The van der Waals surface area contributed by atoms with E-state index in [-0.39, 0.29) is 25.2 Å². The summed E-state index contributed by atoms with van der Waals surface area (Å²) in [7, 11) is 0. The maximum absolute atomic E-state index is 11.6. The maximum atomic E-state index is 11.6. The fourth-order valence-corrected chi connectivity index (χ4v) is 1.49. The van der Waals surface area contributed by atoms with Gasteiger partial charge in [-0.15, -0.1) is 0 Å². The second-order valence-corrected chi connectivity index (χ2v) is 4.79. The van der Waals surface area contributed by atoms with Gasteiger partial charge in [0.1, 0.15) is 12.1 Å². The van der Waals surface area contributed by atoms with Crippen LogP contribution in [0, 0.1) is 5.92 Å². The monoisotopic (exact) mass is 285 g/mol. The minimum atomic E-state index is -1.30. The quantitative estimate of drug-likeness (QED) is 0.301. The second kappa shape index (κ2) is 8.95. The number of carboxylic acid groups (broad SMARTS) is 1. The molecule has 0 aromatic carbocycles. The molecule has 1 amide bonds. The molecule has 0 unspecified atom stereocenters. The molecule has 0 spiro atoms. The first-order valence-corrected chi connectivity index (χ1v) is 6.19. The summed E-state index contributed by atoms with van der Waals surface area (Å²) in [5, 5.41) is 20.7. The lowest BCUT2D eigenvalue weighted by atomic mass is 10.0. The summed E-state index contributed by atoms with van der Waals surface area (Å²) in [6, 6.07) is -1.28. The number of aliphatic hydroxyl groups excluding tert-OH is 1. The Hall–Kier alpha value is -2.05. The van der Waals surface area contributed by atoms with Crippen LogP contribution in [0.25, 0.3) is 5.53 Å². The Morgan fingerprint density at radius 3 is 2.40 bits per heavy atom. The van der Waals surface area contributed by atoms with Crippen molar-refractivity contribution in [2.75, 3.05) is 0 Å². The van der Waals surface area contributed by atoms with Gasteiger partial charge in [0.25, 0.3) is 0 Å². The van der Waals surface area contributed by atoms with Gasteiger partial charge in [-0.1, -0.05) is 13.8 Å². The number of aliphatic hydroxyl groups is 1. The molecule has 0 heterocycles. The first-order valence-electron chi connectivity index (χ1n) is 6.19. The number of carbonyl (C=O) groups is 3. The van der Waals surface area contributed by atoms with E-state index in [1.165, 1.54) is 0 Å². The van der Waals surface area contributed by atoms with Gasteiger partial charge in [0.2, 0.25) is 11.7 Å². The third kappa shape index (κ3) is 7.40. The summed E-state index contributed by atoms with van der Waals surface area (Å²) in [6.45, 7) is 3.64. The Kier molecular flexibility index (Phi) is 8.03. The highest BCUT2D eigenvalue weighted by atomic mass is 16.4. The number of rotatable bonds is 9. The standard InChI is InChI=1S/C12H19N3O5/c1-7(2)5-10(17)11(18)15-9(12(19)20)4-3-8(16)6-14-13/h6-7,9-10,17H,3-5H2,1-2H3,(H,15,18)(H,19,20)/t9-,10-/m0/s1. The molecular weight excluding hydrogens is 266 g/mol. The average Bonchev–Trinajstić information content (AvgIpc) is 2.33. The Morgan fingerprint density at radius 2 is 1.95 bits per heavy atom. The fraction of sp³-hybridized carbons (Fsp3) is 0.667. The smallest absolute Gasteiger partial charge is 0.326 e. The second-order valence-electron chi connectivity index (χ2n) is 4.79. The molecule has 8 nitrogen and oxygen atoms in total. The number of nitrogens with zero attached hydrogens (tertiary/aromatic N) is 2. The molecule has 0 radical (unpaired) electrons. The average molecular weight is 285 g/mol. The highest BCUT2D eigenvalue weighted by Crippen LogP contribution is 2.06. The van der Waals surface area contributed by atoms with Crippen molar-refractivity contribution in [3.63, 3.8) is 0 Å². The lowest BCUT2D eigenvalue weighted by Crippen LogP contribution is -2.46. The molecule has 0 rings (SSSR count). The molecule has 0 saturated heterocycles. The van der Waals surface area contributed by atoms with Gasteiger partial charge in [0.15, 0.2) is 0 Å². The predicted molar refractivity (Wildman–Crippen MR) is 69.0 cm³/mol. The van der Waals surface area contributed by atoms with E-state index in [1.807, 2.05) is 13.8 Å². The minimum absolute atomic E-state index is 0.0846. The Labute approximate surface area is 116 Å². The van der Waals surface area contributed by atoms with Crippen molar-refractivity contribution in [3.8, 4) is 0 Å². The summed E-state index contributed by atoms with van der Waals surface area (Å²) >= 11 is 0. The molecule has 0 aliphatic rings. The third-order valence-corrected chi connectivity index (χ3v) is 2.49. The van der Waals surface area contributed by atoms with Gasteiger partial charge in [-0.3, -0.25) is 9.59 Å². The van der Waals surface area contributed by atoms with E-state index in [9.17, 15) is 19.5 Å². The van der Waals surface area contributed by atoms with Gasteiger partial charge in [-0.05, 0) is 18.8 Å². The van der Waals surface area contributed by atoms with Crippen LogP contribution in [0.4, 0.5) is 0 Å². The SMILES string of the molecule is CC(C)C[C@H](O)C(=O)N[C@@H](CCC(=O)C=[N+]=[N-])C(=O)O. The predicted octanol–water partition coefficient (Wildman–Crippen LogP) is -0.387. The molecule has 0 aliphatic carbocycles. The number of nitrogens with one attached hydrogen (secondary N) is 1. The molecule has 2 atom stereocenters. The van der Waals surface area contributed by atoms with Crippen LogP contribution >= 0.6 is 0 Å². The molecule has 0 fully saturated rings. The van der Waals surface area contributed by atoms with E-state index in [1.54, 1.807) is 0 Å². The fourth-order valence-electron chi connectivity index (χ4n) is 1.49. The number of aliphatic carboxylic acids is 1. The van der Waals surface area contributed by atoms with E-state index in [4.69, 9.17) is 10.6 Å². The Balaban J connectivity index is 4.47. The van der Waals surface area contributed by atoms with Crippen molar-refractivity contribution < 1.29 is 29.4 Å². The van der Waals surface area contributed by atoms with E-state index in [0.29, 0.717) is 6.21 Å². The Bertz CT molecular complexity index is 415. The first-order chi connectivity index (χ1) is 9.27. The van der Waals surface area contributed by atoms with E-state index < -0.39 is 29.8 Å². The zero-order chi connectivity index (χ0) is 15.7. The summed E-state index contributed by atoms with van der Waals surface area (Å²) in [4.78, 5) is 36.1. The van der Waals surface area contributed by atoms with Gasteiger partial charge >= 0.3 is 12.2 Å². The molecule has 0 bridgehead atoms. The van der Waals surface area contributed by atoms with Crippen molar-refractivity contribution in [2.45, 2.75) is 45.3 Å². The number of carbonyl (C=O) groups excluding carboxylic acids is 2. The van der Waals surface area contributed by atoms with Crippen LogP contribution in [0.3, 0.4) is 0 Å². The maximum Gasteiger partial charge on any atom is 0.326 e. The van der Waals surface area contributed by atoms with Crippen LogP contribution in [0.2, 0.25) is 0 Å². The molecule has 0 aromatic rings. The molecule has 0 aliphatic heterocycles. The minimum Gasteiger partial charge on any atom is -0.480 e. The highest BCUT2D eigenvalue weighted by Gasteiger charge is 2.25. The number of hydrogen-bond donors (Lipinski definition) is 3. The topological polar surface area (TPSA) is 140 Å². The van der Waals surface area contributed by atoms with Crippen molar-refractivity contribution in [1.82, 2.24) is 5.32 Å². The molecule has 20 heavy (non-hydrogen) atoms. The van der Waals surface area contributed by atoms with Gasteiger partial charge in [0, 0.05) is 6.42 Å². The molecule has 8 heteroatoms. The van der Waals surface area contributed by atoms with Gasteiger partial charge < -0.3 is 21.1 Å². The van der Waals surface area contributed by atoms with Crippen LogP contribution in [0.15, 0.2) is 0 Å². The largest absolute Gasteiger partial charge is 0.480 e. The van der Waals surface area contributed by atoms with Crippen molar-refractivity contribution in [2.24, 2.45) is 5.92 Å². The number of Topliss-reactive ketones (excluding diaryl/α,β-unsaturated/α-hetero) is 1. The van der Waals surface area contributed by atoms with E-state index >= 15 is 0 Å². The zero-order valence-electron chi connectivity index (χ0n) is 11.4. The summed E-state index contributed by atoms with van der Waals surface area (Å²) < 4.78 is 0. The van der Waals surface area contributed by atoms with E-state index in [0.717, 1.165) is 0 Å². The van der Waals surface area contributed by atoms with Gasteiger partial charge in [-0.25, -0.2) is 4.79 Å². The molecule has 0 saturated carbocycles. The molecule has 112 valence electrons. The third-order valence-electron chi connectivity index (χ3n) is 2.49. The van der Waals surface area contributed by atoms with Crippen molar-refractivity contribution in [1.29, 1.82) is 0 Å². The highest BCUT2D eigenvalue weighted by molar-refractivity contribution is 6.25. The van der Waals surface area contributed by atoms with Crippen LogP contribution < -0.4 is 5.32 Å². The normalized spacial score (nSPS) is 13.2. The lowest BCUT2D eigenvalue weighted by molar-refractivity contribution is -0.143. The first kappa shape index (κ1) is 17.9. The molecular formula is C12H19N3O5. The Morgan fingerprint density at radius 1 is 1.35 bits per heavy atom. The number of ketones is 1. The number of carboxylic acids is 1. The van der Waals surface area contributed by atoms with Crippen LogP contribution in [0.5, 0.6) is 0 Å². The van der Waals surface area contributed by atoms with Crippen LogP contribution in [-0.4, -0.2) is 51.0 Å². The molecule has 3 N–H and O–H groups in total. The molecule has 0 aromatic heterocycles. The summed E-state index contributed by atoms with van der Waals surface area (Å²) in [6.07, 6.45) is -0.753. The van der Waals surface area contributed by atoms with Gasteiger partial charge in [-0.2, -0.15) is 4.79 Å². The van der Waals surface area contributed by atoms with Gasteiger partial charge in [0.05, 0.1) is 0 Å². The van der Waals surface area contributed by atoms with Crippen molar-refractivity contribution >= 4 is 23.9 Å².